The number of nitrogens with one attached hydrogen (secondary N) is 1. The van der Waals surface area contributed by atoms with Crippen molar-refractivity contribution in [2.75, 3.05) is 6.54 Å². The van der Waals surface area contributed by atoms with Gasteiger partial charge in [0.15, 0.2) is 0 Å². The zero-order valence-corrected chi connectivity index (χ0v) is 14.2. The van der Waals surface area contributed by atoms with Crippen molar-refractivity contribution in [1.82, 2.24) is 14.9 Å². The largest absolute Gasteiger partial charge is 0.309 e. The minimum absolute atomic E-state index is 0.285. The summed E-state index contributed by atoms with van der Waals surface area (Å²) in [5.41, 5.74) is 2.42. The first kappa shape index (κ1) is 16.4. The Bertz CT molecular complexity index is 539. The molecule has 2 aromatic rings. The zero-order valence-electron chi connectivity index (χ0n) is 12.6. The standard InChI is InChI=1S/C16H22ClN3S/c1-3-5-14-16(21-20-19-14)15(18-10-4-2)11-12-6-8-13(17)9-7-12/h6-9,15,18H,3-5,10-11H2,1-2H3. The summed E-state index contributed by atoms with van der Waals surface area (Å²) in [6.07, 6.45) is 4.15. The highest BCUT2D eigenvalue weighted by Gasteiger charge is 2.18. The molecule has 21 heavy (non-hydrogen) atoms. The molecule has 0 spiro atoms. The summed E-state index contributed by atoms with van der Waals surface area (Å²) >= 11 is 7.49. The van der Waals surface area contributed by atoms with Crippen LogP contribution < -0.4 is 5.32 Å². The first-order valence-corrected chi connectivity index (χ1v) is 8.68. The molecule has 0 aliphatic heterocycles. The topological polar surface area (TPSA) is 37.8 Å². The van der Waals surface area contributed by atoms with Crippen LogP contribution in [0.2, 0.25) is 5.02 Å². The lowest BCUT2D eigenvalue weighted by molar-refractivity contribution is 0.531. The quantitative estimate of drug-likeness (QED) is 0.781. The monoisotopic (exact) mass is 323 g/mol. The fraction of sp³-hybridized carbons (Fsp3) is 0.500. The second kappa shape index (κ2) is 8.47. The lowest BCUT2D eigenvalue weighted by Crippen LogP contribution is -2.24. The highest BCUT2D eigenvalue weighted by molar-refractivity contribution is 7.05. The molecule has 1 N–H and O–H groups in total. The van der Waals surface area contributed by atoms with Crippen molar-refractivity contribution < 1.29 is 0 Å². The van der Waals surface area contributed by atoms with Crippen LogP contribution in [0.5, 0.6) is 0 Å². The van der Waals surface area contributed by atoms with Crippen molar-refractivity contribution in [3.8, 4) is 0 Å². The smallest absolute Gasteiger partial charge is 0.0803 e. The molecular weight excluding hydrogens is 302 g/mol. The molecular formula is C16H22ClN3S. The lowest BCUT2D eigenvalue weighted by atomic mass is 10.0. The van der Waals surface area contributed by atoms with Crippen LogP contribution in [0.4, 0.5) is 0 Å². The van der Waals surface area contributed by atoms with E-state index in [2.05, 4.69) is 40.9 Å². The molecule has 0 saturated carbocycles. The minimum Gasteiger partial charge on any atom is -0.309 e. The Morgan fingerprint density at radius 3 is 2.62 bits per heavy atom. The van der Waals surface area contributed by atoms with Gasteiger partial charge in [-0.1, -0.05) is 48.5 Å². The second-order valence-corrected chi connectivity index (χ2v) is 6.39. The summed E-state index contributed by atoms with van der Waals surface area (Å²) in [7, 11) is 0. The lowest BCUT2D eigenvalue weighted by Gasteiger charge is -2.18. The molecule has 0 amide bonds. The maximum Gasteiger partial charge on any atom is 0.0803 e. The third kappa shape index (κ3) is 4.77. The van der Waals surface area contributed by atoms with E-state index in [1.165, 1.54) is 22.0 Å². The third-order valence-corrected chi connectivity index (χ3v) is 4.51. The van der Waals surface area contributed by atoms with Crippen molar-refractivity contribution >= 4 is 23.1 Å². The van der Waals surface area contributed by atoms with Crippen molar-refractivity contribution in [2.45, 2.75) is 45.6 Å². The van der Waals surface area contributed by atoms with E-state index >= 15 is 0 Å². The van der Waals surface area contributed by atoms with E-state index in [-0.39, 0.29) is 6.04 Å². The molecule has 5 heteroatoms. The number of hydrogen-bond acceptors (Lipinski definition) is 4. The van der Waals surface area contributed by atoms with Gasteiger partial charge in [-0.3, -0.25) is 0 Å². The number of hydrogen-bond donors (Lipinski definition) is 1. The first-order chi connectivity index (χ1) is 10.2. The summed E-state index contributed by atoms with van der Waals surface area (Å²) in [5, 5.41) is 8.71. The Balaban J connectivity index is 2.16. The van der Waals surface area contributed by atoms with Crippen molar-refractivity contribution in [3.63, 3.8) is 0 Å². The van der Waals surface area contributed by atoms with Crippen LogP contribution in [0.3, 0.4) is 0 Å². The Hall–Kier alpha value is -0.970. The molecule has 0 radical (unpaired) electrons. The van der Waals surface area contributed by atoms with Crippen LogP contribution in [0.15, 0.2) is 24.3 Å². The second-order valence-electron chi connectivity index (χ2n) is 5.17. The van der Waals surface area contributed by atoms with Gasteiger partial charge in [0.25, 0.3) is 0 Å². The number of rotatable bonds is 8. The van der Waals surface area contributed by atoms with Crippen LogP contribution in [0.25, 0.3) is 0 Å². The number of nitrogens with zero attached hydrogens (tertiary/aromatic N) is 2. The molecule has 1 aromatic carbocycles. The predicted molar refractivity (Wildman–Crippen MR) is 90.1 cm³/mol. The van der Waals surface area contributed by atoms with Crippen molar-refractivity contribution in [2.24, 2.45) is 0 Å². The maximum absolute atomic E-state index is 5.96. The van der Waals surface area contributed by atoms with Gasteiger partial charge in [-0.15, -0.1) is 5.10 Å². The third-order valence-electron chi connectivity index (χ3n) is 3.38. The summed E-state index contributed by atoms with van der Waals surface area (Å²) in [6, 6.07) is 8.37. The molecule has 114 valence electrons. The molecule has 0 aliphatic rings. The fourth-order valence-corrected chi connectivity index (χ4v) is 3.22. The Kier molecular flexibility index (Phi) is 6.61. The first-order valence-electron chi connectivity index (χ1n) is 7.53. The van der Waals surface area contributed by atoms with Crippen LogP contribution in [0.1, 0.15) is 48.9 Å². The van der Waals surface area contributed by atoms with Crippen LogP contribution >= 0.6 is 23.1 Å². The van der Waals surface area contributed by atoms with Gasteiger partial charge in [0.05, 0.1) is 10.6 Å². The van der Waals surface area contributed by atoms with E-state index in [1.807, 2.05) is 12.1 Å². The molecule has 2 rings (SSSR count). The number of halogens is 1. The van der Waals surface area contributed by atoms with Gasteiger partial charge in [0.2, 0.25) is 0 Å². The Morgan fingerprint density at radius 2 is 1.95 bits per heavy atom. The summed E-state index contributed by atoms with van der Waals surface area (Å²) < 4.78 is 4.16. The average Bonchev–Trinajstić information content (AvgIpc) is 2.94. The number of benzene rings is 1. The molecule has 0 fully saturated rings. The molecule has 1 unspecified atom stereocenters. The van der Waals surface area contributed by atoms with Gasteiger partial charge < -0.3 is 5.32 Å². The zero-order chi connectivity index (χ0) is 15.1. The van der Waals surface area contributed by atoms with Crippen molar-refractivity contribution in [3.05, 3.63) is 45.4 Å². The highest BCUT2D eigenvalue weighted by Crippen LogP contribution is 2.25. The molecule has 1 atom stereocenters. The van der Waals surface area contributed by atoms with E-state index in [0.717, 1.165) is 42.9 Å². The molecule has 0 saturated heterocycles. The minimum atomic E-state index is 0.285. The summed E-state index contributed by atoms with van der Waals surface area (Å²) in [5.74, 6) is 0. The number of aromatic nitrogens is 2. The Morgan fingerprint density at radius 1 is 1.19 bits per heavy atom. The van der Waals surface area contributed by atoms with Crippen LogP contribution in [-0.4, -0.2) is 16.1 Å². The maximum atomic E-state index is 5.96. The molecule has 3 nitrogen and oxygen atoms in total. The van der Waals surface area contributed by atoms with Crippen molar-refractivity contribution in [1.29, 1.82) is 0 Å². The van der Waals surface area contributed by atoms with Gasteiger partial charge in [-0.05, 0) is 55.0 Å². The van der Waals surface area contributed by atoms with Gasteiger partial charge >= 0.3 is 0 Å². The van der Waals surface area contributed by atoms with Gasteiger partial charge in [0.1, 0.15) is 0 Å². The molecule has 0 aliphatic carbocycles. The fourth-order valence-electron chi connectivity index (χ4n) is 2.32. The van der Waals surface area contributed by atoms with Crippen LogP contribution in [0, 0.1) is 0 Å². The Labute approximate surface area is 135 Å². The van der Waals surface area contributed by atoms with E-state index < -0.39 is 0 Å². The van der Waals surface area contributed by atoms with E-state index in [1.54, 1.807) is 0 Å². The summed E-state index contributed by atoms with van der Waals surface area (Å²) in [4.78, 5) is 1.28. The van der Waals surface area contributed by atoms with Gasteiger partial charge in [-0.2, -0.15) is 0 Å². The average molecular weight is 324 g/mol. The van der Waals surface area contributed by atoms with Crippen LogP contribution in [-0.2, 0) is 12.8 Å². The molecule has 1 heterocycles. The number of aryl methyl sites for hydroxylation is 1. The molecule has 0 bridgehead atoms. The predicted octanol–water partition coefficient (Wildman–Crippen LogP) is 4.43. The SMILES string of the molecule is CCCNC(Cc1ccc(Cl)cc1)c1snnc1CCC. The normalized spacial score (nSPS) is 12.5. The summed E-state index contributed by atoms with van der Waals surface area (Å²) in [6.45, 7) is 5.36. The van der Waals surface area contributed by atoms with E-state index in [9.17, 15) is 0 Å². The van der Waals surface area contributed by atoms with E-state index in [4.69, 9.17) is 11.6 Å². The van der Waals surface area contributed by atoms with Gasteiger partial charge in [0, 0.05) is 11.1 Å². The highest BCUT2D eigenvalue weighted by atomic mass is 35.5. The molecule has 1 aromatic heterocycles. The van der Waals surface area contributed by atoms with E-state index in [0.29, 0.717) is 0 Å². The van der Waals surface area contributed by atoms with Gasteiger partial charge in [-0.25, -0.2) is 0 Å².